The number of carbonyl (C=O) groups excluding carboxylic acids is 1. The second kappa shape index (κ2) is 10.0. The molecule has 1 spiro atoms. The van der Waals surface area contributed by atoms with E-state index in [1.807, 2.05) is 35.2 Å². The molecule has 4 aliphatic rings. The van der Waals surface area contributed by atoms with Crippen LogP contribution in [0.2, 0.25) is 0 Å². The maximum atomic E-state index is 13.8. The van der Waals surface area contributed by atoms with Gasteiger partial charge in [-0.15, -0.1) is 0 Å². The number of aromatic nitrogens is 1. The highest BCUT2D eigenvalue weighted by Crippen LogP contribution is 2.51. The van der Waals surface area contributed by atoms with Gasteiger partial charge in [0.1, 0.15) is 11.5 Å². The standard InChI is InChI=1S/C31H41FN4O/c1-22(2)23-6-10-26(11-7-23)34-17-14-31(15-18-34)28-21-35(30(37)29-5-3-4-16-33-29)19-24(28)20-36(31)27-12-8-25(32)9-13-27/h3-5,8-9,12-13,16,22-24,26,28H,6-7,10-11,14-15,17-21H2,1-2H3. The summed E-state index contributed by atoms with van der Waals surface area (Å²) in [6, 6.07) is 13.4. The van der Waals surface area contributed by atoms with Gasteiger partial charge in [0, 0.05) is 68.0 Å². The molecule has 2 atom stereocenters. The van der Waals surface area contributed by atoms with Crippen molar-refractivity contribution in [2.24, 2.45) is 23.7 Å². The van der Waals surface area contributed by atoms with E-state index in [1.54, 1.807) is 18.3 Å². The summed E-state index contributed by atoms with van der Waals surface area (Å²) in [6.07, 6.45) is 9.31. The number of carbonyl (C=O) groups is 1. The smallest absolute Gasteiger partial charge is 0.272 e. The van der Waals surface area contributed by atoms with E-state index >= 15 is 0 Å². The average molecular weight is 505 g/mol. The van der Waals surface area contributed by atoms with E-state index in [9.17, 15) is 9.18 Å². The Morgan fingerprint density at radius 2 is 1.70 bits per heavy atom. The number of halogens is 1. The highest BCUT2D eigenvalue weighted by atomic mass is 19.1. The summed E-state index contributed by atoms with van der Waals surface area (Å²) in [5, 5.41) is 0. The Bertz CT molecular complexity index is 1070. The summed E-state index contributed by atoms with van der Waals surface area (Å²) in [5.74, 6) is 2.42. The number of amides is 1. The van der Waals surface area contributed by atoms with Crippen LogP contribution in [0.25, 0.3) is 0 Å². The van der Waals surface area contributed by atoms with Crippen molar-refractivity contribution >= 4 is 11.6 Å². The van der Waals surface area contributed by atoms with Gasteiger partial charge in [-0.1, -0.05) is 19.9 Å². The lowest BCUT2D eigenvalue weighted by atomic mass is 9.73. The number of piperidine rings is 1. The molecule has 6 rings (SSSR count). The van der Waals surface area contributed by atoms with E-state index in [0.717, 1.165) is 69.1 Å². The molecule has 3 aliphatic heterocycles. The topological polar surface area (TPSA) is 39.7 Å². The van der Waals surface area contributed by atoms with Crippen LogP contribution in [0.5, 0.6) is 0 Å². The monoisotopic (exact) mass is 504 g/mol. The van der Waals surface area contributed by atoms with Crippen LogP contribution in [0, 0.1) is 29.5 Å². The summed E-state index contributed by atoms with van der Waals surface area (Å²) < 4.78 is 13.8. The van der Waals surface area contributed by atoms with E-state index in [0.29, 0.717) is 17.5 Å². The number of pyridine rings is 1. The molecule has 0 N–H and O–H groups in total. The van der Waals surface area contributed by atoms with Crippen LogP contribution in [-0.2, 0) is 0 Å². The zero-order chi connectivity index (χ0) is 25.6. The van der Waals surface area contributed by atoms with Gasteiger partial charge in [0.2, 0.25) is 0 Å². The largest absolute Gasteiger partial charge is 0.365 e. The summed E-state index contributed by atoms with van der Waals surface area (Å²) in [6.45, 7) is 9.49. The molecule has 4 fully saturated rings. The Morgan fingerprint density at radius 1 is 0.973 bits per heavy atom. The fourth-order valence-electron chi connectivity index (χ4n) is 8.13. The molecule has 37 heavy (non-hydrogen) atoms. The van der Waals surface area contributed by atoms with Gasteiger partial charge in [0.25, 0.3) is 5.91 Å². The first kappa shape index (κ1) is 24.8. The molecule has 0 radical (unpaired) electrons. The molecule has 1 amide bonds. The molecule has 2 unspecified atom stereocenters. The Hall–Kier alpha value is -2.47. The Morgan fingerprint density at radius 3 is 2.35 bits per heavy atom. The van der Waals surface area contributed by atoms with Crippen molar-refractivity contribution in [2.45, 2.75) is 64.0 Å². The number of likely N-dealkylation sites (tertiary alicyclic amines) is 2. The molecule has 4 heterocycles. The molecule has 5 nitrogen and oxygen atoms in total. The van der Waals surface area contributed by atoms with Crippen LogP contribution in [0.3, 0.4) is 0 Å². The Labute approximate surface area is 221 Å². The van der Waals surface area contributed by atoms with Crippen molar-refractivity contribution in [3.8, 4) is 0 Å². The lowest BCUT2D eigenvalue weighted by Gasteiger charge is -2.51. The number of hydrogen-bond acceptors (Lipinski definition) is 4. The number of hydrogen-bond donors (Lipinski definition) is 0. The average Bonchev–Trinajstić information content (AvgIpc) is 3.48. The first-order chi connectivity index (χ1) is 17.9. The number of nitrogens with zero attached hydrogens (tertiary/aromatic N) is 4. The minimum absolute atomic E-state index is 0.0211. The van der Waals surface area contributed by atoms with Crippen molar-refractivity contribution in [3.05, 3.63) is 60.2 Å². The third-order valence-corrected chi connectivity index (χ3v) is 10.3. The lowest BCUT2D eigenvalue weighted by molar-refractivity contribution is 0.0610. The van der Waals surface area contributed by atoms with Gasteiger partial charge in [-0.3, -0.25) is 9.78 Å². The van der Waals surface area contributed by atoms with Crippen LogP contribution in [0.15, 0.2) is 48.7 Å². The zero-order valence-electron chi connectivity index (χ0n) is 22.4. The minimum atomic E-state index is -0.184. The molecular weight excluding hydrogens is 463 g/mol. The number of fused-ring (bicyclic) bond motifs is 2. The van der Waals surface area contributed by atoms with Gasteiger partial charge in [0.05, 0.1) is 0 Å². The zero-order valence-corrected chi connectivity index (χ0v) is 22.4. The summed E-state index contributed by atoms with van der Waals surface area (Å²) >= 11 is 0. The third-order valence-electron chi connectivity index (χ3n) is 10.3. The van der Waals surface area contributed by atoms with E-state index in [-0.39, 0.29) is 17.3 Å². The maximum Gasteiger partial charge on any atom is 0.272 e. The van der Waals surface area contributed by atoms with E-state index in [2.05, 4.69) is 28.6 Å². The van der Waals surface area contributed by atoms with Crippen LogP contribution < -0.4 is 4.90 Å². The molecule has 198 valence electrons. The molecule has 0 bridgehead atoms. The highest BCUT2D eigenvalue weighted by molar-refractivity contribution is 5.92. The molecule has 1 aromatic heterocycles. The second-order valence-corrected chi connectivity index (χ2v) is 12.3. The first-order valence-corrected chi connectivity index (χ1v) is 14.4. The van der Waals surface area contributed by atoms with Crippen LogP contribution in [0.1, 0.15) is 62.9 Å². The van der Waals surface area contributed by atoms with Gasteiger partial charge in [-0.05, 0) is 86.8 Å². The van der Waals surface area contributed by atoms with Gasteiger partial charge < -0.3 is 14.7 Å². The van der Waals surface area contributed by atoms with Crippen molar-refractivity contribution < 1.29 is 9.18 Å². The third kappa shape index (κ3) is 4.56. The van der Waals surface area contributed by atoms with Gasteiger partial charge in [-0.25, -0.2) is 4.39 Å². The van der Waals surface area contributed by atoms with E-state index in [1.165, 1.54) is 25.7 Å². The number of anilines is 1. The van der Waals surface area contributed by atoms with E-state index in [4.69, 9.17) is 0 Å². The highest BCUT2D eigenvalue weighted by Gasteiger charge is 2.58. The molecule has 1 aromatic carbocycles. The van der Waals surface area contributed by atoms with Crippen LogP contribution in [-0.4, -0.2) is 65.0 Å². The molecule has 1 aliphatic carbocycles. The van der Waals surface area contributed by atoms with E-state index < -0.39 is 0 Å². The molecular formula is C31H41FN4O. The SMILES string of the molecule is CC(C)C1CCC(N2CCC3(CC2)C2CN(C(=O)c4ccccn4)CC2CN3c2ccc(F)cc2)CC1. The van der Waals surface area contributed by atoms with Crippen molar-refractivity contribution in [2.75, 3.05) is 37.6 Å². The predicted molar refractivity (Wildman–Crippen MR) is 145 cm³/mol. The van der Waals surface area contributed by atoms with Crippen LogP contribution in [0.4, 0.5) is 10.1 Å². The van der Waals surface area contributed by atoms with Gasteiger partial charge in [0.15, 0.2) is 0 Å². The second-order valence-electron chi connectivity index (χ2n) is 12.3. The molecule has 6 heteroatoms. The number of rotatable bonds is 4. The Balaban J connectivity index is 1.21. The lowest BCUT2D eigenvalue weighted by Crippen LogP contribution is -2.58. The fraction of sp³-hybridized carbons (Fsp3) is 0.613. The van der Waals surface area contributed by atoms with Crippen molar-refractivity contribution in [1.29, 1.82) is 0 Å². The van der Waals surface area contributed by atoms with Crippen molar-refractivity contribution in [3.63, 3.8) is 0 Å². The summed E-state index contributed by atoms with van der Waals surface area (Å²) in [5.41, 5.74) is 1.69. The molecule has 1 saturated carbocycles. The maximum absolute atomic E-state index is 13.8. The first-order valence-electron chi connectivity index (χ1n) is 14.4. The summed E-state index contributed by atoms with van der Waals surface area (Å²) in [7, 11) is 0. The predicted octanol–water partition coefficient (Wildman–Crippen LogP) is 5.48. The Kier molecular flexibility index (Phi) is 6.72. The van der Waals surface area contributed by atoms with Gasteiger partial charge in [-0.2, -0.15) is 0 Å². The number of benzene rings is 1. The minimum Gasteiger partial charge on any atom is -0.365 e. The normalized spacial score (nSPS) is 29.7. The quantitative estimate of drug-likeness (QED) is 0.553. The summed E-state index contributed by atoms with van der Waals surface area (Å²) in [4.78, 5) is 25.0. The molecule has 2 aromatic rings. The van der Waals surface area contributed by atoms with Gasteiger partial charge >= 0.3 is 0 Å². The van der Waals surface area contributed by atoms with Crippen molar-refractivity contribution in [1.82, 2.24) is 14.8 Å². The van der Waals surface area contributed by atoms with Crippen LogP contribution >= 0.6 is 0 Å². The fourth-order valence-corrected chi connectivity index (χ4v) is 8.13. The molecule has 3 saturated heterocycles.